The largest absolute Gasteiger partial charge is 0.494 e. The average molecular weight is 425 g/mol. The highest BCUT2D eigenvalue weighted by Gasteiger charge is 2.14. The van der Waals surface area contributed by atoms with Crippen LogP contribution in [0.5, 0.6) is 5.75 Å². The molecule has 2 aromatic carbocycles. The first-order chi connectivity index (χ1) is 14.0. The number of benzene rings is 2. The van der Waals surface area contributed by atoms with Crippen molar-refractivity contribution in [3.8, 4) is 5.75 Å². The van der Waals surface area contributed by atoms with Crippen LogP contribution in [-0.4, -0.2) is 22.5 Å². The number of aromatic nitrogens is 2. The summed E-state index contributed by atoms with van der Waals surface area (Å²) in [5.41, 5.74) is 4.50. The predicted octanol–water partition coefficient (Wildman–Crippen LogP) is 5.76. The van der Waals surface area contributed by atoms with E-state index in [4.69, 9.17) is 4.74 Å². The Kier molecular flexibility index (Phi) is 5.46. The number of fused-ring (bicyclic) bond motifs is 1. The fourth-order valence-electron chi connectivity index (χ4n) is 2.88. The summed E-state index contributed by atoms with van der Waals surface area (Å²) in [5, 5.41) is 9.07. The number of rotatable bonds is 6. The Balaban J connectivity index is 1.47. The number of amides is 1. The van der Waals surface area contributed by atoms with E-state index in [1.165, 1.54) is 28.2 Å². The summed E-state index contributed by atoms with van der Waals surface area (Å²) in [6, 6.07) is 11.9. The molecule has 8 heteroatoms. The lowest BCUT2D eigenvalue weighted by molar-refractivity contribution is 0.102. The van der Waals surface area contributed by atoms with Crippen molar-refractivity contribution in [1.82, 2.24) is 9.97 Å². The first kappa shape index (κ1) is 19.4. The number of nitrogens with one attached hydrogen (secondary N) is 2. The summed E-state index contributed by atoms with van der Waals surface area (Å²) in [7, 11) is 0. The number of hydrogen-bond acceptors (Lipinski definition) is 7. The maximum atomic E-state index is 12.6. The molecule has 0 aliphatic rings. The van der Waals surface area contributed by atoms with Crippen LogP contribution in [0.25, 0.3) is 10.2 Å². The minimum atomic E-state index is -0.279. The van der Waals surface area contributed by atoms with Crippen LogP contribution in [0.2, 0.25) is 0 Å². The lowest BCUT2D eigenvalue weighted by atomic mass is 10.1. The number of thiazole rings is 2. The third-order valence-electron chi connectivity index (χ3n) is 4.25. The molecule has 4 aromatic rings. The Morgan fingerprint density at radius 3 is 2.76 bits per heavy atom. The lowest BCUT2D eigenvalue weighted by Crippen LogP contribution is -2.12. The number of nitrogens with zero attached hydrogens (tertiary/aromatic N) is 2. The first-order valence-electron chi connectivity index (χ1n) is 9.16. The fraction of sp³-hybridized carbons (Fsp3) is 0.190. The van der Waals surface area contributed by atoms with Crippen LogP contribution >= 0.6 is 22.7 Å². The molecule has 2 N–H and O–H groups in total. The molecule has 0 saturated heterocycles. The fourth-order valence-corrected chi connectivity index (χ4v) is 4.47. The molecule has 0 saturated carbocycles. The highest BCUT2D eigenvalue weighted by molar-refractivity contribution is 7.22. The van der Waals surface area contributed by atoms with Crippen molar-refractivity contribution in [2.75, 3.05) is 17.2 Å². The van der Waals surface area contributed by atoms with Crippen molar-refractivity contribution in [3.63, 3.8) is 0 Å². The van der Waals surface area contributed by atoms with Gasteiger partial charge in [-0.25, -0.2) is 9.97 Å². The summed E-state index contributed by atoms with van der Waals surface area (Å²) in [4.78, 5) is 21.5. The van der Waals surface area contributed by atoms with Crippen LogP contribution in [0, 0.1) is 13.8 Å². The normalized spacial score (nSPS) is 10.9. The van der Waals surface area contributed by atoms with Gasteiger partial charge in [-0.15, -0.1) is 11.3 Å². The Morgan fingerprint density at radius 1 is 1.10 bits per heavy atom. The molecule has 0 unspecified atom stereocenters. The Labute approximate surface area is 176 Å². The molecule has 0 atom stereocenters. The van der Waals surface area contributed by atoms with E-state index in [0.717, 1.165) is 27.2 Å². The zero-order chi connectivity index (χ0) is 20.4. The monoisotopic (exact) mass is 424 g/mol. The topological polar surface area (TPSA) is 76.1 Å². The zero-order valence-corrected chi connectivity index (χ0v) is 17.9. The van der Waals surface area contributed by atoms with Gasteiger partial charge in [-0.2, -0.15) is 0 Å². The molecular formula is C21H20N4O2S2. The van der Waals surface area contributed by atoms with Crippen LogP contribution in [0.4, 0.5) is 16.0 Å². The Bertz CT molecular complexity index is 1180. The predicted molar refractivity (Wildman–Crippen MR) is 120 cm³/mol. The second-order valence-electron chi connectivity index (χ2n) is 6.52. The minimum absolute atomic E-state index is 0.279. The standard InChI is InChI=1S/C21H20N4O2S2/c1-4-27-14-6-8-16-18(10-14)29-21(23-16)25-19(26)17-11-28-20(24-17)22-15-7-5-12(2)9-13(15)3/h5-11H,4H2,1-3H3,(H,22,24)(H,23,25,26). The molecule has 0 bridgehead atoms. The quantitative estimate of drug-likeness (QED) is 0.411. The third kappa shape index (κ3) is 4.38. The molecule has 6 nitrogen and oxygen atoms in total. The summed E-state index contributed by atoms with van der Waals surface area (Å²) in [6.07, 6.45) is 0. The van der Waals surface area contributed by atoms with Gasteiger partial charge in [0.1, 0.15) is 11.4 Å². The second-order valence-corrected chi connectivity index (χ2v) is 8.41. The third-order valence-corrected chi connectivity index (χ3v) is 5.94. The molecule has 0 aliphatic carbocycles. The summed E-state index contributed by atoms with van der Waals surface area (Å²) in [5.74, 6) is 0.516. The van der Waals surface area contributed by atoms with Gasteiger partial charge in [-0.1, -0.05) is 29.0 Å². The van der Waals surface area contributed by atoms with Crippen molar-refractivity contribution in [2.24, 2.45) is 0 Å². The SMILES string of the molecule is CCOc1ccc2nc(NC(=O)c3csc(Nc4ccc(C)cc4C)n3)sc2c1. The molecule has 0 aliphatic heterocycles. The molecule has 2 aromatic heterocycles. The highest BCUT2D eigenvalue weighted by Crippen LogP contribution is 2.30. The molecule has 2 heterocycles. The summed E-state index contributed by atoms with van der Waals surface area (Å²) < 4.78 is 6.48. The van der Waals surface area contributed by atoms with Crippen LogP contribution in [0.1, 0.15) is 28.5 Å². The average Bonchev–Trinajstić information content (AvgIpc) is 3.30. The van der Waals surface area contributed by atoms with E-state index in [9.17, 15) is 4.79 Å². The number of carbonyl (C=O) groups excluding carboxylic acids is 1. The number of hydrogen-bond donors (Lipinski definition) is 2. The number of carbonyl (C=O) groups is 1. The number of aryl methyl sites for hydroxylation is 2. The molecule has 4 rings (SSSR count). The van der Waals surface area contributed by atoms with E-state index in [1.54, 1.807) is 5.38 Å². The van der Waals surface area contributed by atoms with Gasteiger partial charge in [-0.05, 0) is 50.6 Å². The summed E-state index contributed by atoms with van der Waals surface area (Å²) >= 11 is 2.80. The molecule has 0 fully saturated rings. The van der Waals surface area contributed by atoms with Crippen LogP contribution in [-0.2, 0) is 0 Å². The van der Waals surface area contributed by atoms with Crippen molar-refractivity contribution in [1.29, 1.82) is 0 Å². The van der Waals surface area contributed by atoms with Crippen molar-refractivity contribution in [2.45, 2.75) is 20.8 Å². The van der Waals surface area contributed by atoms with E-state index < -0.39 is 0 Å². The van der Waals surface area contributed by atoms with E-state index >= 15 is 0 Å². The van der Waals surface area contributed by atoms with Crippen LogP contribution < -0.4 is 15.4 Å². The van der Waals surface area contributed by atoms with Crippen LogP contribution in [0.15, 0.2) is 41.8 Å². The van der Waals surface area contributed by atoms with Gasteiger partial charge in [-0.3, -0.25) is 10.1 Å². The van der Waals surface area contributed by atoms with E-state index in [-0.39, 0.29) is 5.91 Å². The zero-order valence-electron chi connectivity index (χ0n) is 16.3. The maximum Gasteiger partial charge on any atom is 0.276 e. The van der Waals surface area contributed by atoms with Crippen molar-refractivity contribution < 1.29 is 9.53 Å². The minimum Gasteiger partial charge on any atom is -0.494 e. The van der Waals surface area contributed by atoms with Gasteiger partial charge >= 0.3 is 0 Å². The van der Waals surface area contributed by atoms with Gasteiger partial charge in [0.2, 0.25) is 0 Å². The Hall–Kier alpha value is -2.97. The molecule has 148 valence electrons. The molecule has 29 heavy (non-hydrogen) atoms. The van der Waals surface area contributed by atoms with E-state index in [1.807, 2.05) is 44.2 Å². The van der Waals surface area contributed by atoms with Crippen LogP contribution in [0.3, 0.4) is 0 Å². The number of anilines is 3. The summed E-state index contributed by atoms with van der Waals surface area (Å²) in [6.45, 7) is 6.65. The lowest BCUT2D eigenvalue weighted by Gasteiger charge is -2.07. The first-order valence-corrected chi connectivity index (χ1v) is 10.9. The van der Waals surface area contributed by atoms with Crippen molar-refractivity contribution >= 4 is 54.7 Å². The Morgan fingerprint density at radius 2 is 1.97 bits per heavy atom. The van der Waals surface area contributed by atoms with Gasteiger partial charge in [0, 0.05) is 11.1 Å². The maximum absolute atomic E-state index is 12.6. The molecule has 0 radical (unpaired) electrons. The van der Waals surface area contributed by atoms with Gasteiger partial charge in [0.05, 0.1) is 16.8 Å². The molecule has 1 amide bonds. The van der Waals surface area contributed by atoms with Gasteiger partial charge in [0.15, 0.2) is 10.3 Å². The van der Waals surface area contributed by atoms with E-state index in [0.29, 0.717) is 22.6 Å². The van der Waals surface area contributed by atoms with Gasteiger partial charge < -0.3 is 10.1 Å². The molecule has 0 spiro atoms. The van der Waals surface area contributed by atoms with Gasteiger partial charge in [0.25, 0.3) is 5.91 Å². The second kappa shape index (κ2) is 8.18. The highest BCUT2D eigenvalue weighted by atomic mass is 32.1. The molecular weight excluding hydrogens is 404 g/mol. The van der Waals surface area contributed by atoms with E-state index in [2.05, 4.69) is 33.6 Å². The smallest absolute Gasteiger partial charge is 0.276 e. The van der Waals surface area contributed by atoms with Crippen molar-refractivity contribution in [3.05, 3.63) is 58.6 Å². The number of ether oxygens (including phenoxy) is 1.